The van der Waals surface area contributed by atoms with E-state index in [9.17, 15) is 19.7 Å². The highest BCUT2D eigenvalue weighted by Gasteiger charge is 2.32. The number of hydrogen-bond acceptors (Lipinski definition) is 5. The Kier molecular flexibility index (Phi) is 3.54. The molecule has 0 aromatic heterocycles. The predicted molar refractivity (Wildman–Crippen MR) is 75.8 cm³/mol. The van der Waals surface area contributed by atoms with Crippen molar-refractivity contribution in [2.45, 2.75) is 18.6 Å². The zero-order valence-electron chi connectivity index (χ0n) is 11.8. The van der Waals surface area contributed by atoms with Gasteiger partial charge in [-0.1, -0.05) is 0 Å². The Morgan fingerprint density at radius 1 is 1.18 bits per heavy atom. The summed E-state index contributed by atoms with van der Waals surface area (Å²) in [5, 5.41) is 29.7. The summed E-state index contributed by atoms with van der Waals surface area (Å²) in [6, 6.07) is 6.53. The van der Waals surface area contributed by atoms with Crippen LogP contribution in [0.2, 0.25) is 0 Å². The summed E-state index contributed by atoms with van der Waals surface area (Å²) in [5.74, 6) is -0.131. The third-order valence-corrected chi connectivity index (χ3v) is 3.64. The Morgan fingerprint density at radius 2 is 1.95 bits per heavy atom. The smallest absolute Gasteiger partial charge is 0.150 e. The minimum Gasteiger partial charge on any atom is -0.508 e. The van der Waals surface area contributed by atoms with Gasteiger partial charge < -0.3 is 24.8 Å². The Hall–Kier alpha value is -2.47. The van der Waals surface area contributed by atoms with E-state index in [1.165, 1.54) is 25.3 Å². The zero-order chi connectivity index (χ0) is 15.9. The second-order valence-corrected chi connectivity index (χ2v) is 5.18. The maximum atomic E-state index is 13.4. The third-order valence-electron chi connectivity index (χ3n) is 3.64. The molecule has 1 heterocycles. The number of aromatic hydroxyl groups is 2. The highest BCUT2D eigenvalue weighted by molar-refractivity contribution is 5.52. The number of rotatable bonds is 2. The summed E-state index contributed by atoms with van der Waals surface area (Å²) in [4.78, 5) is 0. The number of phenolic OH excluding ortho intramolecular Hbond substituents is 2. The maximum Gasteiger partial charge on any atom is 0.150 e. The summed E-state index contributed by atoms with van der Waals surface area (Å²) >= 11 is 0. The van der Waals surface area contributed by atoms with Crippen molar-refractivity contribution in [1.82, 2.24) is 0 Å². The van der Waals surface area contributed by atoms with Gasteiger partial charge in [0.25, 0.3) is 0 Å². The van der Waals surface area contributed by atoms with E-state index in [2.05, 4.69) is 0 Å². The van der Waals surface area contributed by atoms with E-state index in [1.54, 1.807) is 6.07 Å². The van der Waals surface area contributed by atoms with Crippen LogP contribution in [0.5, 0.6) is 23.0 Å². The highest BCUT2D eigenvalue weighted by Crippen LogP contribution is 2.42. The first-order chi connectivity index (χ1) is 10.5. The van der Waals surface area contributed by atoms with Crippen LogP contribution in [0.15, 0.2) is 30.3 Å². The lowest BCUT2D eigenvalue weighted by Crippen LogP contribution is -2.30. The molecule has 2 aromatic carbocycles. The minimum absolute atomic E-state index is 0.0334. The molecular weight excluding hydrogens is 291 g/mol. The molecule has 1 aliphatic heterocycles. The largest absolute Gasteiger partial charge is 0.508 e. The Balaban J connectivity index is 2.01. The first-order valence-electron chi connectivity index (χ1n) is 6.72. The molecule has 0 spiro atoms. The van der Waals surface area contributed by atoms with Gasteiger partial charge in [-0.2, -0.15) is 0 Å². The second-order valence-electron chi connectivity index (χ2n) is 5.18. The van der Waals surface area contributed by atoms with Crippen LogP contribution in [0.1, 0.15) is 17.2 Å². The molecule has 3 rings (SSSR count). The lowest BCUT2D eigenvalue weighted by Gasteiger charge is -2.31. The molecule has 0 radical (unpaired) electrons. The normalized spacial score (nSPS) is 20.1. The monoisotopic (exact) mass is 306 g/mol. The number of aliphatic hydroxyl groups excluding tert-OH is 1. The van der Waals surface area contributed by atoms with Crippen molar-refractivity contribution in [3.63, 3.8) is 0 Å². The second kappa shape index (κ2) is 5.38. The van der Waals surface area contributed by atoms with Crippen molar-refractivity contribution < 1.29 is 29.2 Å². The first-order valence-corrected chi connectivity index (χ1v) is 6.72. The van der Waals surface area contributed by atoms with Crippen LogP contribution >= 0.6 is 0 Å². The molecule has 3 N–H and O–H groups in total. The molecule has 116 valence electrons. The third kappa shape index (κ3) is 2.53. The molecule has 22 heavy (non-hydrogen) atoms. The fourth-order valence-corrected chi connectivity index (χ4v) is 2.62. The van der Waals surface area contributed by atoms with Crippen LogP contribution < -0.4 is 9.47 Å². The quantitative estimate of drug-likeness (QED) is 0.793. The Morgan fingerprint density at radius 3 is 2.64 bits per heavy atom. The number of ether oxygens (including phenoxy) is 2. The topological polar surface area (TPSA) is 79.2 Å². The van der Waals surface area contributed by atoms with Crippen molar-refractivity contribution in [3.05, 3.63) is 47.3 Å². The maximum absolute atomic E-state index is 13.4. The fourth-order valence-electron chi connectivity index (χ4n) is 2.62. The lowest BCUT2D eigenvalue weighted by atomic mass is 9.94. The molecule has 0 saturated carbocycles. The summed E-state index contributed by atoms with van der Waals surface area (Å²) in [7, 11) is 1.46. The van der Waals surface area contributed by atoms with Gasteiger partial charge in [-0.3, -0.25) is 0 Å². The molecule has 0 aliphatic carbocycles. The number of fused-ring (bicyclic) bond motifs is 1. The molecule has 5 nitrogen and oxygen atoms in total. The summed E-state index contributed by atoms with van der Waals surface area (Å²) in [6.45, 7) is 0. The van der Waals surface area contributed by atoms with E-state index in [0.717, 1.165) is 6.07 Å². The number of phenols is 2. The van der Waals surface area contributed by atoms with Crippen LogP contribution in [0.4, 0.5) is 4.39 Å². The number of halogens is 1. The molecular formula is C16H15FO5. The van der Waals surface area contributed by atoms with Crippen molar-refractivity contribution in [2.75, 3.05) is 7.11 Å². The average Bonchev–Trinajstić information content (AvgIpc) is 2.46. The Bertz CT molecular complexity index is 696. The van der Waals surface area contributed by atoms with Gasteiger partial charge in [0, 0.05) is 35.7 Å². The van der Waals surface area contributed by atoms with Gasteiger partial charge in [0.15, 0.2) is 6.10 Å². The summed E-state index contributed by atoms with van der Waals surface area (Å²) in [5.41, 5.74) is 0.781. The average molecular weight is 306 g/mol. The van der Waals surface area contributed by atoms with E-state index in [1.807, 2.05) is 0 Å². The van der Waals surface area contributed by atoms with Gasteiger partial charge in [0.1, 0.15) is 28.8 Å². The SMILES string of the molecule is COc1cc(O)c2c(c1)OC(c1cc(O)cc(F)c1)C(O)C2. The number of aliphatic hydroxyl groups is 1. The number of methoxy groups -OCH3 is 1. The molecule has 2 unspecified atom stereocenters. The summed E-state index contributed by atoms with van der Waals surface area (Å²) in [6.07, 6.45) is -1.68. The van der Waals surface area contributed by atoms with Crippen LogP contribution in [-0.2, 0) is 6.42 Å². The van der Waals surface area contributed by atoms with Crippen LogP contribution in [0, 0.1) is 5.82 Å². The molecule has 6 heteroatoms. The molecule has 2 atom stereocenters. The van der Waals surface area contributed by atoms with Gasteiger partial charge in [0.05, 0.1) is 13.2 Å². The molecule has 0 saturated heterocycles. The molecule has 0 bridgehead atoms. The van der Waals surface area contributed by atoms with Gasteiger partial charge in [-0.05, 0) is 12.1 Å². The summed E-state index contributed by atoms with van der Waals surface area (Å²) < 4.78 is 24.2. The van der Waals surface area contributed by atoms with Crippen LogP contribution in [-0.4, -0.2) is 28.5 Å². The van der Waals surface area contributed by atoms with Crippen molar-refractivity contribution in [1.29, 1.82) is 0 Å². The molecule has 1 aliphatic rings. The van der Waals surface area contributed by atoms with Gasteiger partial charge in [-0.25, -0.2) is 4.39 Å². The zero-order valence-corrected chi connectivity index (χ0v) is 11.8. The van der Waals surface area contributed by atoms with Crippen LogP contribution in [0.25, 0.3) is 0 Å². The Labute approximate surface area is 126 Å². The van der Waals surface area contributed by atoms with Crippen molar-refractivity contribution in [3.8, 4) is 23.0 Å². The lowest BCUT2D eigenvalue weighted by molar-refractivity contribution is 0.0195. The van der Waals surface area contributed by atoms with Gasteiger partial charge in [-0.15, -0.1) is 0 Å². The standard InChI is InChI=1S/C16H15FO5/c1-21-11-5-13(19)12-7-14(20)16(22-15(12)6-11)8-2-9(17)4-10(18)3-8/h2-6,14,16,18-20H,7H2,1H3. The highest BCUT2D eigenvalue weighted by atomic mass is 19.1. The fraction of sp³-hybridized carbons (Fsp3) is 0.250. The van der Waals surface area contributed by atoms with Crippen molar-refractivity contribution in [2.24, 2.45) is 0 Å². The number of benzene rings is 2. The first kappa shape index (κ1) is 14.5. The van der Waals surface area contributed by atoms with Gasteiger partial charge >= 0.3 is 0 Å². The van der Waals surface area contributed by atoms with E-state index < -0.39 is 18.0 Å². The van der Waals surface area contributed by atoms with E-state index >= 15 is 0 Å². The molecule has 0 fully saturated rings. The molecule has 2 aromatic rings. The predicted octanol–water partition coefficient (Wildman–Crippen LogP) is 2.28. The molecule has 0 amide bonds. The van der Waals surface area contributed by atoms with E-state index in [4.69, 9.17) is 9.47 Å². The van der Waals surface area contributed by atoms with E-state index in [0.29, 0.717) is 22.6 Å². The van der Waals surface area contributed by atoms with Gasteiger partial charge in [0.2, 0.25) is 0 Å². The van der Waals surface area contributed by atoms with Crippen molar-refractivity contribution >= 4 is 0 Å². The van der Waals surface area contributed by atoms with E-state index in [-0.39, 0.29) is 17.9 Å². The number of hydrogen-bond donors (Lipinski definition) is 3. The minimum atomic E-state index is -0.979. The van der Waals surface area contributed by atoms with Crippen LogP contribution in [0.3, 0.4) is 0 Å².